The summed E-state index contributed by atoms with van der Waals surface area (Å²) in [5, 5.41) is 0. The van der Waals surface area contributed by atoms with Crippen LogP contribution in [0.25, 0.3) is 11.5 Å². The van der Waals surface area contributed by atoms with Gasteiger partial charge in [0.15, 0.2) is 11.5 Å². The molecular formula is C21H21NO4. The van der Waals surface area contributed by atoms with Gasteiger partial charge in [-0.25, -0.2) is 4.98 Å². The molecule has 2 aromatic carbocycles. The van der Waals surface area contributed by atoms with Gasteiger partial charge in [-0.3, -0.25) is 0 Å². The molecule has 0 aliphatic heterocycles. The molecule has 5 nitrogen and oxygen atoms in total. The number of hydrogen-bond donors (Lipinski definition) is 0. The molecule has 0 aliphatic rings. The molecule has 0 spiro atoms. The first kappa shape index (κ1) is 17.6. The highest BCUT2D eigenvalue weighted by Gasteiger charge is 2.10. The quantitative estimate of drug-likeness (QED) is 0.552. The lowest BCUT2D eigenvalue weighted by Crippen LogP contribution is -1.98. The first-order valence-corrected chi connectivity index (χ1v) is 8.23. The second-order valence-electron chi connectivity index (χ2n) is 5.64. The van der Waals surface area contributed by atoms with E-state index in [2.05, 4.69) is 11.6 Å². The van der Waals surface area contributed by atoms with Gasteiger partial charge in [-0.05, 0) is 48.4 Å². The van der Waals surface area contributed by atoms with Crippen LogP contribution in [-0.2, 0) is 13.0 Å². The van der Waals surface area contributed by atoms with E-state index in [9.17, 15) is 0 Å². The normalized spacial score (nSPS) is 10.4. The largest absolute Gasteiger partial charge is 0.497 e. The number of methoxy groups -OCH3 is 2. The van der Waals surface area contributed by atoms with Crippen LogP contribution in [0, 0.1) is 0 Å². The maximum Gasteiger partial charge on any atom is 0.226 e. The molecule has 0 atom stereocenters. The lowest BCUT2D eigenvalue weighted by Gasteiger charge is -2.10. The van der Waals surface area contributed by atoms with Gasteiger partial charge in [0.25, 0.3) is 0 Å². The highest BCUT2D eigenvalue weighted by atomic mass is 16.5. The maximum absolute atomic E-state index is 5.84. The zero-order valence-corrected chi connectivity index (χ0v) is 14.9. The fourth-order valence-corrected chi connectivity index (χ4v) is 2.52. The van der Waals surface area contributed by atoms with E-state index in [1.54, 1.807) is 20.5 Å². The van der Waals surface area contributed by atoms with Crippen molar-refractivity contribution in [3.8, 4) is 28.7 Å². The fourth-order valence-electron chi connectivity index (χ4n) is 2.52. The lowest BCUT2D eigenvalue weighted by atomic mass is 10.1. The third-order valence-corrected chi connectivity index (χ3v) is 3.87. The third-order valence-electron chi connectivity index (χ3n) is 3.87. The molecule has 1 aromatic heterocycles. The van der Waals surface area contributed by atoms with Crippen molar-refractivity contribution in [2.75, 3.05) is 14.2 Å². The number of rotatable bonds is 8. The van der Waals surface area contributed by atoms with Crippen molar-refractivity contribution >= 4 is 0 Å². The minimum Gasteiger partial charge on any atom is -0.497 e. The van der Waals surface area contributed by atoms with Crippen molar-refractivity contribution < 1.29 is 18.6 Å². The molecule has 0 unspecified atom stereocenters. The Morgan fingerprint density at radius 2 is 1.85 bits per heavy atom. The molecule has 0 aliphatic carbocycles. The number of ether oxygens (including phenoxy) is 3. The second-order valence-corrected chi connectivity index (χ2v) is 5.64. The zero-order chi connectivity index (χ0) is 18.4. The number of oxazole rings is 1. The third kappa shape index (κ3) is 4.06. The Morgan fingerprint density at radius 1 is 1.04 bits per heavy atom. The van der Waals surface area contributed by atoms with Crippen LogP contribution in [0.5, 0.6) is 17.2 Å². The van der Waals surface area contributed by atoms with Crippen LogP contribution < -0.4 is 14.2 Å². The van der Waals surface area contributed by atoms with Crippen LogP contribution in [0.2, 0.25) is 0 Å². The number of aromatic nitrogens is 1. The molecular weight excluding hydrogens is 330 g/mol. The summed E-state index contributed by atoms with van der Waals surface area (Å²) in [6.45, 7) is 4.04. The minimum atomic E-state index is 0.289. The van der Waals surface area contributed by atoms with Gasteiger partial charge in [-0.1, -0.05) is 12.1 Å². The average Bonchev–Trinajstić information content (AvgIpc) is 3.16. The summed E-state index contributed by atoms with van der Waals surface area (Å²) in [6.07, 6.45) is 4.23. The van der Waals surface area contributed by atoms with Gasteiger partial charge in [0.2, 0.25) is 5.89 Å². The van der Waals surface area contributed by atoms with Crippen molar-refractivity contribution in [1.29, 1.82) is 0 Å². The average molecular weight is 351 g/mol. The van der Waals surface area contributed by atoms with Gasteiger partial charge < -0.3 is 18.6 Å². The topological polar surface area (TPSA) is 53.7 Å². The van der Waals surface area contributed by atoms with Crippen molar-refractivity contribution in [1.82, 2.24) is 4.98 Å². The number of nitrogens with zero attached hydrogens (tertiary/aromatic N) is 1. The zero-order valence-electron chi connectivity index (χ0n) is 14.9. The Kier molecular flexibility index (Phi) is 5.59. The van der Waals surface area contributed by atoms with E-state index < -0.39 is 0 Å². The summed E-state index contributed by atoms with van der Waals surface area (Å²) in [4.78, 5) is 4.47. The van der Waals surface area contributed by atoms with Gasteiger partial charge in [-0.15, -0.1) is 6.58 Å². The second kappa shape index (κ2) is 8.25. The Hall–Kier alpha value is -3.21. The van der Waals surface area contributed by atoms with E-state index in [1.165, 1.54) is 0 Å². The van der Waals surface area contributed by atoms with Crippen molar-refractivity contribution in [3.63, 3.8) is 0 Å². The van der Waals surface area contributed by atoms with E-state index in [0.29, 0.717) is 23.1 Å². The van der Waals surface area contributed by atoms with Gasteiger partial charge >= 0.3 is 0 Å². The minimum absolute atomic E-state index is 0.289. The molecule has 0 bridgehead atoms. The Bertz CT molecular complexity index is 868. The highest BCUT2D eigenvalue weighted by Crippen LogP contribution is 2.29. The smallest absolute Gasteiger partial charge is 0.226 e. The Balaban J connectivity index is 1.68. The van der Waals surface area contributed by atoms with Crippen LogP contribution in [-0.4, -0.2) is 19.2 Å². The summed E-state index contributed by atoms with van der Waals surface area (Å²) in [5.41, 5.74) is 2.70. The van der Waals surface area contributed by atoms with Gasteiger partial charge in [0.05, 0.1) is 14.2 Å². The van der Waals surface area contributed by atoms with Gasteiger partial charge in [0, 0.05) is 5.56 Å². The van der Waals surface area contributed by atoms with E-state index >= 15 is 0 Å². The number of benzene rings is 2. The molecule has 0 fully saturated rings. The molecule has 3 rings (SSSR count). The predicted molar refractivity (Wildman–Crippen MR) is 99.7 cm³/mol. The SMILES string of the molecule is C=CCc1ccc(OCc2coc(-c3ccc(OC)cc3)n2)c(OC)c1. The van der Waals surface area contributed by atoms with Crippen molar-refractivity contribution in [3.05, 3.63) is 72.6 Å². The van der Waals surface area contributed by atoms with E-state index in [1.807, 2.05) is 48.5 Å². The van der Waals surface area contributed by atoms with Crippen LogP contribution in [0.3, 0.4) is 0 Å². The number of allylic oxidation sites excluding steroid dienone is 1. The van der Waals surface area contributed by atoms with Crippen LogP contribution >= 0.6 is 0 Å². The lowest BCUT2D eigenvalue weighted by molar-refractivity contribution is 0.280. The number of hydrogen-bond acceptors (Lipinski definition) is 5. The van der Waals surface area contributed by atoms with Crippen LogP contribution in [0.15, 0.2) is 65.8 Å². The van der Waals surface area contributed by atoms with Crippen molar-refractivity contribution in [2.24, 2.45) is 0 Å². The summed E-state index contributed by atoms with van der Waals surface area (Å²) in [6, 6.07) is 13.4. The standard InChI is InChI=1S/C21H21NO4/c1-4-5-15-6-11-19(20(12-15)24-3)25-13-17-14-26-21(22-17)16-7-9-18(23-2)10-8-16/h4,6-12,14H,1,5,13H2,2-3H3. The van der Waals surface area contributed by atoms with Crippen LogP contribution in [0.1, 0.15) is 11.3 Å². The molecule has 0 saturated heterocycles. The summed E-state index contributed by atoms with van der Waals surface area (Å²) in [5.74, 6) is 2.67. The summed E-state index contributed by atoms with van der Waals surface area (Å²) in [7, 11) is 3.26. The van der Waals surface area contributed by atoms with E-state index in [0.717, 1.165) is 23.3 Å². The molecule has 0 amide bonds. The predicted octanol–water partition coefficient (Wildman–Crippen LogP) is 4.67. The Labute approximate surface area is 152 Å². The summed E-state index contributed by atoms with van der Waals surface area (Å²) < 4.78 is 21.9. The molecule has 5 heteroatoms. The molecule has 1 heterocycles. The summed E-state index contributed by atoms with van der Waals surface area (Å²) >= 11 is 0. The fraction of sp³-hybridized carbons (Fsp3) is 0.190. The molecule has 3 aromatic rings. The maximum atomic E-state index is 5.84. The molecule has 0 saturated carbocycles. The first-order chi connectivity index (χ1) is 12.7. The van der Waals surface area contributed by atoms with Gasteiger partial charge in [0.1, 0.15) is 24.3 Å². The highest BCUT2D eigenvalue weighted by molar-refractivity contribution is 5.54. The molecule has 0 N–H and O–H groups in total. The Morgan fingerprint density at radius 3 is 2.54 bits per heavy atom. The molecule has 134 valence electrons. The molecule has 0 radical (unpaired) electrons. The van der Waals surface area contributed by atoms with E-state index in [4.69, 9.17) is 18.6 Å². The molecule has 26 heavy (non-hydrogen) atoms. The van der Waals surface area contributed by atoms with Crippen LogP contribution in [0.4, 0.5) is 0 Å². The van der Waals surface area contributed by atoms with Gasteiger partial charge in [-0.2, -0.15) is 0 Å². The monoisotopic (exact) mass is 351 g/mol. The van der Waals surface area contributed by atoms with E-state index in [-0.39, 0.29) is 6.61 Å². The van der Waals surface area contributed by atoms with Crippen molar-refractivity contribution in [2.45, 2.75) is 13.0 Å². The first-order valence-electron chi connectivity index (χ1n) is 8.23.